The molecule has 0 N–H and O–H groups in total. The zero-order valence-corrected chi connectivity index (χ0v) is 13.5. The van der Waals surface area contributed by atoms with Gasteiger partial charge in [-0.3, -0.25) is 4.79 Å². The van der Waals surface area contributed by atoms with Crippen molar-refractivity contribution in [2.24, 2.45) is 0 Å². The van der Waals surface area contributed by atoms with Crippen LogP contribution in [0.25, 0.3) is 0 Å². The van der Waals surface area contributed by atoms with E-state index in [1.54, 1.807) is 11.8 Å². The molecule has 4 rings (SSSR count). The van der Waals surface area contributed by atoms with Crippen LogP contribution in [0.3, 0.4) is 0 Å². The van der Waals surface area contributed by atoms with Crippen LogP contribution in [0.1, 0.15) is 20.6 Å². The highest BCUT2D eigenvalue weighted by molar-refractivity contribution is 7.99. The second-order valence-corrected chi connectivity index (χ2v) is 7.24. The summed E-state index contributed by atoms with van der Waals surface area (Å²) in [5.74, 6) is 2.63. The quantitative estimate of drug-likeness (QED) is 0.844. The van der Waals surface area contributed by atoms with Crippen LogP contribution >= 0.6 is 23.1 Å². The van der Waals surface area contributed by atoms with Crippen LogP contribution in [0.5, 0.6) is 11.5 Å². The fourth-order valence-corrected chi connectivity index (χ4v) is 4.63. The summed E-state index contributed by atoms with van der Waals surface area (Å²) in [5.41, 5.74) is 1.09. The smallest absolute Gasteiger partial charge is 0.265 e. The number of benzene rings is 1. The zero-order valence-electron chi connectivity index (χ0n) is 11.9. The lowest BCUT2D eigenvalue weighted by molar-refractivity contribution is 0.0765. The number of rotatable bonds is 2. The monoisotopic (exact) mass is 333 g/mol. The normalized spacial score (nSPS) is 20.2. The number of thioether (sulfide) groups is 1. The number of carbonyl (C=O) groups excluding carboxylic acids is 1. The van der Waals surface area contributed by atoms with Crippen molar-refractivity contribution in [1.82, 2.24) is 4.90 Å². The fraction of sp³-hybridized carbons (Fsp3) is 0.312. The Bertz CT molecular complexity index is 687. The Morgan fingerprint density at radius 1 is 1.18 bits per heavy atom. The molecule has 0 aliphatic carbocycles. The van der Waals surface area contributed by atoms with Gasteiger partial charge in [-0.25, -0.2) is 0 Å². The molecule has 0 saturated carbocycles. The number of thiophene rings is 1. The van der Waals surface area contributed by atoms with Gasteiger partial charge in [0.1, 0.15) is 18.6 Å². The number of amides is 1. The lowest BCUT2D eigenvalue weighted by Crippen LogP contribution is -2.29. The summed E-state index contributed by atoms with van der Waals surface area (Å²) in [5, 5.41) is 1.99. The van der Waals surface area contributed by atoms with Gasteiger partial charge in [-0.2, -0.15) is 0 Å². The number of hydrogen-bond donors (Lipinski definition) is 0. The number of fused-ring (bicyclic) bond motifs is 1. The van der Waals surface area contributed by atoms with Crippen molar-refractivity contribution >= 4 is 29.0 Å². The van der Waals surface area contributed by atoms with E-state index < -0.39 is 0 Å². The van der Waals surface area contributed by atoms with E-state index in [1.807, 2.05) is 40.6 Å². The maximum atomic E-state index is 12.6. The van der Waals surface area contributed by atoms with Crippen molar-refractivity contribution < 1.29 is 14.3 Å². The van der Waals surface area contributed by atoms with Crippen LogP contribution in [-0.4, -0.2) is 36.3 Å². The van der Waals surface area contributed by atoms with Gasteiger partial charge >= 0.3 is 0 Å². The summed E-state index contributed by atoms with van der Waals surface area (Å²) in [7, 11) is 0. The molecule has 2 aliphatic rings. The second kappa shape index (κ2) is 5.85. The standard InChI is InChI=1S/C16H15NO3S2/c18-15(14-2-1-8-21-14)17-5-9-22-16(17)11-3-4-12-13(10-11)20-7-6-19-12/h1-4,8,10,16H,5-7,9H2. The minimum atomic E-state index is 0.0467. The number of carbonyl (C=O) groups is 1. The second-order valence-electron chi connectivity index (χ2n) is 5.10. The van der Waals surface area contributed by atoms with Gasteiger partial charge in [0.25, 0.3) is 5.91 Å². The van der Waals surface area contributed by atoms with Crippen LogP contribution in [0, 0.1) is 0 Å². The predicted octanol–water partition coefficient (Wildman–Crippen LogP) is 3.41. The molecular formula is C16H15NO3S2. The highest BCUT2D eigenvalue weighted by Crippen LogP contribution is 2.42. The SMILES string of the molecule is O=C(c1cccs1)N1CCSC1c1ccc2c(c1)OCCO2. The first-order valence-electron chi connectivity index (χ1n) is 7.18. The molecule has 0 bridgehead atoms. The number of hydrogen-bond acceptors (Lipinski definition) is 5. The first-order valence-corrected chi connectivity index (χ1v) is 9.11. The van der Waals surface area contributed by atoms with Crippen molar-refractivity contribution in [3.05, 3.63) is 46.2 Å². The Hall–Kier alpha value is -1.66. The topological polar surface area (TPSA) is 38.8 Å². The predicted molar refractivity (Wildman–Crippen MR) is 88.0 cm³/mol. The van der Waals surface area contributed by atoms with Crippen molar-refractivity contribution in [1.29, 1.82) is 0 Å². The largest absolute Gasteiger partial charge is 0.486 e. The fourth-order valence-electron chi connectivity index (χ4n) is 2.71. The van der Waals surface area contributed by atoms with Crippen LogP contribution in [-0.2, 0) is 0 Å². The molecule has 1 aromatic heterocycles. The molecule has 6 heteroatoms. The molecule has 1 fully saturated rings. The highest BCUT2D eigenvalue weighted by Gasteiger charge is 2.32. The van der Waals surface area contributed by atoms with E-state index in [0.29, 0.717) is 13.2 Å². The van der Waals surface area contributed by atoms with E-state index >= 15 is 0 Å². The first-order chi connectivity index (χ1) is 10.8. The molecule has 1 aromatic carbocycles. The molecule has 2 aliphatic heterocycles. The van der Waals surface area contributed by atoms with Gasteiger partial charge < -0.3 is 14.4 Å². The van der Waals surface area contributed by atoms with Gasteiger partial charge in [0, 0.05) is 12.3 Å². The summed E-state index contributed by atoms with van der Waals surface area (Å²) < 4.78 is 11.2. The van der Waals surface area contributed by atoms with Crippen molar-refractivity contribution in [3.8, 4) is 11.5 Å². The van der Waals surface area contributed by atoms with Crippen LogP contribution in [0.15, 0.2) is 35.7 Å². The third-order valence-electron chi connectivity index (χ3n) is 3.74. The summed E-state index contributed by atoms with van der Waals surface area (Å²) in [6.07, 6.45) is 0. The van der Waals surface area contributed by atoms with Gasteiger partial charge in [-0.05, 0) is 29.1 Å². The van der Waals surface area contributed by atoms with E-state index in [1.165, 1.54) is 11.3 Å². The molecule has 0 radical (unpaired) electrons. The minimum absolute atomic E-state index is 0.0467. The van der Waals surface area contributed by atoms with Gasteiger partial charge in [0.15, 0.2) is 11.5 Å². The van der Waals surface area contributed by atoms with Gasteiger partial charge in [-0.1, -0.05) is 12.1 Å². The van der Waals surface area contributed by atoms with E-state index in [4.69, 9.17) is 9.47 Å². The lowest BCUT2D eigenvalue weighted by Gasteiger charge is -2.25. The zero-order chi connectivity index (χ0) is 14.9. The molecule has 3 heterocycles. The Morgan fingerprint density at radius 3 is 2.86 bits per heavy atom. The van der Waals surface area contributed by atoms with E-state index in [9.17, 15) is 4.79 Å². The van der Waals surface area contributed by atoms with Crippen LogP contribution in [0.2, 0.25) is 0 Å². The first kappa shape index (κ1) is 14.0. The third-order valence-corrected chi connectivity index (χ3v) is 5.85. The third kappa shape index (κ3) is 2.46. The Kier molecular flexibility index (Phi) is 3.72. The average Bonchev–Trinajstić information content (AvgIpc) is 3.25. The Labute approximate surface area is 137 Å². The molecule has 4 nitrogen and oxygen atoms in total. The minimum Gasteiger partial charge on any atom is -0.486 e. The molecule has 1 amide bonds. The molecule has 1 unspecified atom stereocenters. The van der Waals surface area contributed by atoms with Crippen molar-refractivity contribution in [2.75, 3.05) is 25.5 Å². The summed E-state index contributed by atoms with van der Waals surface area (Å²) in [6.45, 7) is 1.94. The van der Waals surface area contributed by atoms with Crippen LogP contribution in [0.4, 0.5) is 0 Å². The number of nitrogens with zero attached hydrogens (tertiary/aromatic N) is 1. The molecule has 114 valence electrons. The summed E-state index contributed by atoms with van der Waals surface area (Å²) in [6, 6.07) is 9.78. The van der Waals surface area contributed by atoms with Crippen molar-refractivity contribution in [2.45, 2.75) is 5.37 Å². The van der Waals surface area contributed by atoms with Gasteiger partial charge in [-0.15, -0.1) is 23.1 Å². The van der Waals surface area contributed by atoms with E-state index in [0.717, 1.165) is 34.2 Å². The highest BCUT2D eigenvalue weighted by atomic mass is 32.2. The molecule has 1 saturated heterocycles. The average molecular weight is 333 g/mol. The number of ether oxygens (including phenoxy) is 2. The van der Waals surface area contributed by atoms with Gasteiger partial charge in [0.2, 0.25) is 0 Å². The molecule has 2 aromatic rings. The Morgan fingerprint density at radius 2 is 2.05 bits per heavy atom. The Balaban J connectivity index is 1.62. The van der Waals surface area contributed by atoms with Gasteiger partial charge in [0.05, 0.1) is 4.88 Å². The van der Waals surface area contributed by atoms with Crippen LogP contribution < -0.4 is 9.47 Å². The summed E-state index contributed by atoms with van der Waals surface area (Å²) in [4.78, 5) is 15.4. The van der Waals surface area contributed by atoms with Crippen molar-refractivity contribution in [3.63, 3.8) is 0 Å². The summed E-state index contributed by atoms with van der Waals surface area (Å²) >= 11 is 3.29. The lowest BCUT2D eigenvalue weighted by atomic mass is 10.1. The molecular weight excluding hydrogens is 318 g/mol. The molecule has 1 atom stereocenters. The molecule has 0 spiro atoms. The molecule has 22 heavy (non-hydrogen) atoms. The van der Waals surface area contributed by atoms with E-state index in [2.05, 4.69) is 0 Å². The van der Waals surface area contributed by atoms with E-state index in [-0.39, 0.29) is 11.3 Å². The maximum absolute atomic E-state index is 12.6. The maximum Gasteiger partial charge on any atom is 0.265 e.